The van der Waals surface area contributed by atoms with Gasteiger partial charge in [0.05, 0.1) is 11.8 Å². The van der Waals surface area contributed by atoms with E-state index < -0.39 is 23.8 Å². The zero-order chi connectivity index (χ0) is 13.3. The Kier molecular flexibility index (Phi) is 8.40. The van der Waals surface area contributed by atoms with Crippen LogP contribution >= 0.6 is 0 Å². The van der Waals surface area contributed by atoms with Gasteiger partial charge in [-0.3, -0.25) is 9.59 Å². The van der Waals surface area contributed by atoms with Crippen LogP contribution in [0.1, 0.15) is 39.0 Å². The summed E-state index contributed by atoms with van der Waals surface area (Å²) in [5.74, 6) is -3.63. The maximum atomic E-state index is 11.1. The van der Waals surface area contributed by atoms with Crippen LogP contribution in [0.5, 0.6) is 0 Å². The van der Waals surface area contributed by atoms with E-state index in [2.05, 4.69) is 0 Å². The van der Waals surface area contributed by atoms with Crippen LogP contribution in [0, 0.1) is 11.8 Å². The fraction of sp³-hybridized carbons (Fsp3) is 0.833. The van der Waals surface area contributed by atoms with Gasteiger partial charge in [0.25, 0.3) is 0 Å². The van der Waals surface area contributed by atoms with Crippen molar-refractivity contribution in [2.24, 2.45) is 11.8 Å². The predicted octanol–water partition coefficient (Wildman–Crippen LogP) is 2.00. The van der Waals surface area contributed by atoms with Crippen LogP contribution in [-0.4, -0.2) is 35.9 Å². The molecule has 2 N–H and O–H groups in total. The molecular weight excluding hydrogens is 224 g/mol. The monoisotopic (exact) mass is 246 g/mol. The number of carboxylic acids is 2. The van der Waals surface area contributed by atoms with Crippen molar-refractivity contribution in [3.8, 4) is 0 Å². The summed E-state index contributed by atoms with van der Waals surface area (Å²) in [4.78, 5) is 22.2. The number of ether oxygens (including phenoxy) is 1. The normalized spacial score (nSPS) is 14.2. The molecule has 17 heavy (non-hydrogen) atoms. The summed E-state index contributed by atoms with van der Waals surface area (Å²) in [5.41, 5.74) is 0. The number of carboxylic acid groups (broad SMARTS) is 2. The van der Waals surface area contributed by atoms with Gasteiger partial charge in [-0.2, -0.15) is 0 Å². The Morgan fingerprint density at radius 2 is 1.53 bits per heavy atom. The summed E-state index contributed by atoms with van der Waals surface area (Å²) in [6.45, 7) is 2.42. The molecule has 0 rings (SSSR count). The molecule has 0 aromatic carbocycles. The van der Waals surface area contributed by atoms with Gasteiger partial charge in [-0.1, -0.05) is 19.8 Å². The Bertz CT molecular complexity index is 239. The average Bonchev–Trinajstić information content (AvgIpc) is 2.26. The number of carbonyl (C=O) groups is 2. The molecule has 100 valence electrons. The first-order chi connectivity index (χ1) is 8.04. The van der Waals surface area contributed by atoms with E-state index >= 15 is 0 Å². The highest BCUT2D eigenvalue weighted by molar-refractivity contribution is 5.79. The lowest BCUT2D eigenvalue weighted by Crippen LogP contribution is -2.30. The number of hydrogen-bond donors (Lipinski definition) is 2. The van der Waals surface area contributed by atoms with Gasteiger partial charge >= 0.3 is 11.9 Å². The molecule has 0 aliphatic carbocycles. The maximum Gasteiger partial charge on any atom is 0.307 e. The highest BCUT2D eigenvalue weighted by Gasteiger charge is 2.32. The first-order valence-corrected chi connectivity index (χ1v) is 5.99. The van der Waals surface area contributed by atoms with Gasteiger partial charge in [0, 0.05) is 13.7 Å². The smallest absolute Gasteiger partial charge is 0.307 e. The zero-order valence-corrected chi connectivity index (χ0v) is 10.5. The van der Waals surface area contributed by atoms with Gasteiger partial charge in [-0.15, -0.1) is 0 Å². The molecule has 0 aliphatic rings. The zero-order valence-electron chi connectivity index (χ0n) is 10.5. The number of aliphatic carboxylic acids is 2. The molecule has 0 bridgehead atoms. The SMILES string of the molecule is CCCCC(C(=O)O)C(CCCOC)C(=O)O. The molecule has 0 aromatic heterocycles. The van der Waals surface area contributed by atoms with E-state index in [9.17, 15) is 9.59 Å². The fourth-order valence-corrected chi connectivity index (χ4v) is 1.87. The lowest BCUT2D eigenvalue weighted by atomic mass is 9.85. The summed E-state index contributed by atoms with van der Waals surface area (Å²) in [6.07, 6.45) is 2.96. The quantitative estimate of drug-likeness (QED) is 0.576. The standard InChI is InChI=1S/C12H22O5/c1-3-4-6-9(11(13)14)10(12(15)16)7-5-8-17-2/h9-10H,3-8H2,1-2H3,(H,13,14)(H,15,16). The molecule has 0 aromatic rings. The molecule has 0 saturated carbocycles. The van der Waals surface area contributed by atoms with Gasteiger partial charge in [0.15, 0.2) is 0 Å². The Balaban J connectivity index is 4.48. The van der Waals surface area contributed by atoms with Crippen LogP contribution in [0.2, 0.25) is 0 Å². The van der Waals surface area contributed by atoms with E-state index in [0.717, 1.165) is 12.8 Å². The van der Waals surface area contributed by atoms with Crippen molar-refractivity contribution in [3.05, 3.63) is 0 Å². The van der Waals surface area contributed by atoms with Crippen LogP contribution in [0.4, 0.5) is 0 Å². The van der Waals surface area contributed by atoms with E-state index in [4.69, 9.17) is 14.9 Å². The van der Waals surface area contributed by atoms with E-state index in [0.29, 0.717) is 25.9 Å². The second-order valence-electron chi connectivity index (χ2n) is 4.17. The first-order valence-electron chi connectivity index (χ1n) is 5.99. The third-order valence-corrected chi connectivity index (χ3v) is 2.85. The Labute approximate surface area is 102 Å². The first kappa shape index (κ1) is 15.9. The summed E-state index contributed by atoms with van der Waals surface area (Å²) in [6, 6.07) is 0. The molecule has 0 aliphatic heterocycles. The molecule has 0 amide bonds. The molecule has 0 fully saturated rings. The van der Waals surface area contributed by atoms with Crippen molar-refractivity contribution in [2.75, 3.05) is 13.7 Å². The number of unbranched alkanes of at least 4 members (excludes halogenated alkanes) is 1. The highest BCUT2D eigenvalue weighted by Crippen LogP contribution is 2.24. The van der Waals surface area contributed by atoms with Gasteiger partial charge in [0.2, 0.25) is 0 Å². The lowest BCUT2D eigenvalue weighted by molar-refractivity contribution is -0.154. The number of rotatable bonds is 10. The molecule has 0 saturated heterocycles. The molecule has 5 heteroatoms. The Morgan fingerprint density at radius 1 is 1.06 bits per heavy atom. The second-order valence-corrected chi connectivity index (χ2v) is 4.17. The van der Waals surface area contributed by atoms with E-state index in [1.54, 1.807) is 7.11 Å². The molecule has 2 atom stereocenters. The Hall–Kier alpha value is -1.10. The maximum absolute atomic E-state index is 11.1. The summed E-state index contributed by atoms with van der Waals surface area (Å²) in [5, 5.41) is 18.2. The molecule has 0 spiro atoms. The minimum absolute atomic E-state index is 0.351. The van der Waals surface area contributed by atoms with E-state index in [1.165, 1.54) is 0 Å². The largest absolute Gasteiger partial charge is 0.481 e. The Morgan fingerprint density at radius 3 is 1.88 bits per heavy atom. The van der Waals surface area contributed by atoms with Gasteiger partial charge in [-0.25, -0.2) is 0 Å². The van der Waals surface area contributed by atoms with Crippen LogP contribution in [0.3, 0.4) is 0 Å². The van der Waals surface area contributed by atoms with E-state index in [1.807, 2.05) is 6.92 Å². The van der Waals surface area contributed by atoms with Crippen molar-refractivity contribution in [3.63, 3.8) is 0 Å². The number of hydrogen-bond acceptors (Lipinski definition) is 3. The third-order valence-electron chi connectivity index (χ3n) is 2.85. The summed E-state index contributed by atoms with van der Waals surface area (Å²) >= 11 is 0. The fourth-order valence-electron chi connectivity index (χ4n) is 1.87. The summed E-state index contributed by atoms with van der Waals surface area (Å²) < 4.78 is 4.85. The summed E-state index contributed by atoms with van der Waals surface area (Å²) in [7, 11) is 1.54. The second kappa shape index (κ2) is 8.98. The predicted molar refractivity (Wildman–Crippen MR) is 62.9 cm³/mol. The van der Waals surface area contributed by atoms with Crippen LogP contribution in [0.25, 0.3) is 0 Å². The number of methoxy groups -OCH3 is 1. The minimum atomic E-state index is -1.02. The van der Waals surface area contributed by atoms with Crippen molar-refractivity contribution < 1.29 is 24.5 Å². The van der Waals surface area contributed by atoms with Crippen molar-refractivity contribution in [1.82, 2.24) is 0 Å². The van der Waals surface area contributed by atoms with Gasteiger partial charge in [0.1, 0.15) is 0 Å². The van der Waals surface area contributed by atoms with Crippen LogP contribution in [-0.2, 0) is 14.3 Å². The van der Waals surface area contributed by atoms with Crippen LogP contribution in [0.15, 0.2) is 0 Å². The van der Waals surface area contributed by atoms with E-state index in [-0.39, 0.29) is 0 Å². The topological polar surface area (TPSA) is 83.8 Å². The third kappa shape index (κ3) is 6.26. The van der Waals surface area contributed by atoms with Gasteiger partial charge < -0.3 is 14.9 Å². The molecular formula is C12H22O5. The van der Waals surface area contributed by atoms with Crippen molar-refractivity contribution in [2.45, 2.75) is 39.0 Å². The molecule has 2 unspecified atom stereocenters. The minimum Gasteiger partial charge on any atom is -0.481 e. The molecule has 0 heterocycles. The average molecular weight is 246 g/mol. The van der Waals surface area contributed by atoms with Crippen molar-refractivity contribution in [1.29, 1.82) is 0 Å². The highest BCUT2D eigenvalue weighted by atomic mass is 16.5. The molecule has 5 nitrogen and oxygen atoms in total. The van der Waals surface area contributed by atoms with Gasteiger partial charge in [-0.05, 0) is 19.3 Å². The lowest BCUT2D eigenvalue weighted by Gasteiger charge is -2.20. The van der Waals surface area contributed by atoms with Crippen molar-refractivity contribution >= 4 is 11.9 Å². The van der Waals surface area contributed by atoms with Crippen LogP contribution < -0.4 is 0 Å². The molecule has 0 radical (unpaired) electrons.